The van der Waals surface area contributed by atoms with Crippen molar-refractivity contribution in [2.24, 2.45) is 0 Å². The molecule has 1 N–H and O–H groups in total. The van der Waals surface area contributed by atoms with Gasteiger partial charge in [-0.25, -0.2) is 5.01 Å². The van der Waals surface area contributed by atoms with Gasteiger partial charge in [-0.05, 0) is 30.8 Å². The van der Waals surface area contributed by atoms with Crippen LogP contribution >= 0.6 is 24.0 Å². The van der Waals surface area contributed by atoms with Crippen LogP contribution in [0.15, 0.2) is 29.2 Å². The second-order valence-electron chi connectivity index (χ2n) is 6.68. The third-order valence-electron chi connectivity index (χ3n) is 4.64. The molecule has 1 aromatic carbocycles. The van der Waals surface area contributed by atoms with E-state index < -0.39 is 0 Å². The number of ether oxygens (including phenoxy) is 1. The molecule has 7 nitrogen and oxygen atoms in total. The maximum atomic E-state index is 12.7. The minimum atomic E-state index is -0.154. The highest BCUT2D eigenvalue weighted by atomic mass is 32.2. The van der Waals surface area contributed by atoms with Crippen LogP contribution in [0, 0.1) is 0 Å². The average Bonchev–Trinajstić information content (AvgIpc) is 2.95. The SMILES string of the molecule is COc1ccc(/C=C2/SC(=S)N(CCC(=O)NN3CCN(C)CC3)C2=O)cc1. The maximum absolute atomic E-state index is 12.7. The monoisotopic (exact) mass is 420 g/mol. The number of nitrogens with one attached hydrogen (secondary N) is 1. The van der Waals surface area contributed by atoms with Crippen LogP contribution in [0.3, 0.4) is 0 Å². The van der Waals surface area contributed by atoms with Crippen molar-refractivity contribution >= 4 is 46.2 Å². The van der Waals surface area contributed by atoms with Gasteiger partial charge in [0.05, 0.1) is 12.0 Å². The van der Waals surface area contributed by atoms with Crippen LogP contribution in [0.5, 0.6) is 5.75 Å². The van der Waals surface area contributed by atoms with E-state index in [9.17, 15) is 9.59 Å². The first-order valence-electron chi connectivity index (χ1n) is 9.08. The smallest absolute Gasteiger partial charge is 0.266 e. The molecule has 150 valence electrons. The van der Waals surface area contributed by atoms with Crippen molar-refractivity contribution in [1.29, 1.82) is 0 Å². The minimum absolute atomic E-state index is 0.0993. The van der Waals surface area contributed by atoms with E-state index in [1.54, 1.807) is 7.11 Å². The molecule has 0 unspecified atom stereocenters. The van der Waals surface area contributed by atoms with Gasteiger partial charge in [0, 0.05) is 39.1 Å². The van der Waals surface area contributed by atoms with Crippen LogP contribution in [-0.2, 0) is 9.59 Å². The lowest BCUT2D eigenvalue weighted by atomic mass is 10.2. The number of rotatable bonds is 6. The first kappa shape index (κ1) is 20.8. The van der Waals surface area contributed by atoms with Gasteiger partial charge in [-0.3, -0.25) is 19.9 Å². The van der Waals surface area contributed by atoms with Crippen molar-refractivity contribution < 1.29 is 14.3 Å². The largest absolute Gasteiger partial charge is 0.497 e. The molecule has 2 fully saturated rings. The van der Waals surface area contributed by atoms with Crippen LogP contribution in [0.2, 0.25) is 0 Å². The topological polar surface area (TPSA) is 65.1 Å². The highest BCUT2D eigenvalue weighted by Crippen LogP contribution is 2.32. The summed E-state index contributed by atoms with van der Waals surface area (Å²) in [6.45, 7) is 3.72. The summed E-state index contributed by atoms with van der Waals surface area (Å²) in [4.78, 5) is 29.2. The van der Waals surface area contributed by atoms with E-state index in [0.717, 1.165) is 37.5 Å². The molecular weight excluding hydrogens is 396 g/mol. The summed E-state index contributed by atoms with van der Waals surface area (Å²) in [6.07, 6.45) is 2.03. The zero-order valence-corrected chi connectivity index (χ0v) is 17.6. The van der Waals surface area contributed by atoms with Gasteiger partial charge in [0.2, 0.25) is 5.91 Å². The van der Waals surface area contributed by atoms with Gasteiger partial charge in [0.25, 0.3) is 5.91 Å². The molecule has 3 rings (SSSR count). The summed E-state index contributed by atoms with van der Waals surface area (Å²) in [7, 11) is 3.67. The highest BCUT2D eigenvalue weighted by molar-refractivity contribution is 8.26. The highest BCUT2D eigenvalue weighted by Gasteiger charge is 2.32. The normalized spacial score (nSPS) is 20.1. The number of hydrazine groups is 1. The predicted octanol–water partition coefficient (Wildman–Crippen LogP) is 1.57. The Hall–Kier alpha value is -1.94. The van der Waals surface area contributed by atoms with E-state index in [1.807, 2.05) is 35.4 Å². The molecule has 2 aliphatic rings. The number of nitrogens with zero attached hydrogens (tertiary/aromatic N) is 3. The van der Waals surface area contributed by atoms with E-state index >= 15 is 0 Å². The van der Waals surface area contributed by atoms with E-state index in [4.69, 9.17) is 17.0 Å². The summed E-state index contributed by atoms with van der Waals surface area (Å²) >= 11 is 6.60. The number of hydrogen-bond acceptors (Lipinski definition) is 7. The second-order valence-corrected chi connectivity index (χ2v) is 8.36. The van der Waals surface area contributed by atoms with Gasteiger partial charge < -0.3 is 9.64 Å². The van der Waals surface area contributed by atoms with E-state index in [-0.39, 0.29) is 24.8 Å². The Kier molecular flexibility index (Phi) is 7.06. The number of piperazine rings is 1. The van der Waals surface area contributed by atoms with Crippen LogP contribution in [0.25, 0.3) is 6.08 Å². The van der Waals surface area contributed by atoms with Gasteiger partial charge in [-0.1, -0.05) is 36.1 Å². The molecule has 28 heavy (non-hydrogen) atoms. The van der Waals surface area contributed by atoms with Crippen molar-refractivity contribution in [2.75, 3.05) is 46.9 Å². The van der Waals surface area contributed by atoms with E-state index in [2.05, 4.69) is 17.4 Å². The number of carbonyl (C=O) groups is 2. The zero-order valence-electron chi connectivity index (χ0n) is 16.0. The number of thioether (sulfide) groups is 1. The Balaban J connectivity index is 1.53. The standard InChI is InChI=1S/C19H24N4O3S2/c1-21-9-11-22(12-10-21)20-17(24)7-8-23-18(25)16(28-19(23)27)13-14-3-5-15(26-2)6-4-14/h3-6,13H,7-12H2,1-2H3,(H,20,24)/b16-13+. The fourth-order valence-corrected chi connectivity index (χ4v) is 4.22. The Bertz CT molecular complexity index is 774. The van der Waals surface area contributed by atoms with Gasteiger partial charge in [0.1, 0.15) is 10.1 Å². The molecule has 2 heterocycles. The molecular formula is C19H24N4O3S2. The Labute approximate surface area is 174 Å². The molecule has 2 amide bonds. The van der Waals surface area contributed by atoms with Crippen molar-refractivity contribution in [3.05, 3.63) is 34.7 Å². The summed E-state index contributed by atoms with van der Waals surface area (Å²) in [5.41, 5.74) is 3.81. The quantitative estimate of drug-likeness (QED) is 0.554. The fraction of sp³-hybridized carbons (Fsp3) is 0.421. The molecule has 0 radical (unpaired) electrons. The third kappa shape index (κ3) is 5.32. The van der Waals surface area contributed by atoms with Crippen molar-refractivity contribution in [3.8, 4) is 5.75 Å². The van der Waals surface area contributed by atoms with Crippen LogP contribution in [0.1, 0.15) is 12.0 Å². The summed E-state index contributed by atoms with van der Waals surface area (Å²) in [6, 6.07) is 7.45. The molecule has 2 aliphatic heterocycles. The molecule has 0 bridgehead atoms. The number of amides is 2. The predicted molar refractivity (Wildman–Crippen MR) is 115 cm³/mol. The van der Waals surface area contributed by atoms with Crippen LogP contribution in [-0.4, -0.2) is 77.8 Å². The molecule has 1 aromatic rings. The van der Waals surface area contributed by atoms with Gasteiger partial charge in [0.15, 0.2) is 0 Å². The van der Waals surface area contributed by atoms with E-state index in [1.165, 1.54) is 16.7 Å². The first-order valence-corrected chi connectivity index (χ1v) is 10.3. The summed E-state index contributed by atoms with van der Waals surface area (Å²) in [5, 5.41) is 1.93. The zero-order chi connectivity index (χ0) is 20.1. The van der Waals surface area contributed by atoms with Gasteiger partial charge in [-0.2, -0.15) is 0 Å². The van der Waals surface area contributed by atoms with Crippen LogP contribution < -0.4 is 10.2 Å². The fourth-order valence-electron chi connectivity index (χ4n) is 2.91. The minimum Gasteiger partial charge on any atom is -0.497 e. The van der Waals surface area contributed by atoms with E-state index in [0.29, 0.717) is 9.23 Å². The van der Waals surface area contributed by atoms with Crippen LogP contribution in [0.4, 0.5) is 0 Å². The number of thiocarbonyl (C=S) groups is 1. The lowest BCUT2D eigenvalue weighted by molar-refractivity contribution is -0.127. The second kappa shape index (κ2) is 9.51. The lowest BCUT2D eigenvalue weighted by Gasteiger charge is -2.32. The summed E-state index contributed by atoms with van der Waals surface area (Å²) in [5.74, 6) is 0.506. The third-order valence-corrected chi connectivity index (χ3v) is 6.01. The number of benzene rings is 1. The Morgan fingerprint density at radius 3 is 2.57 bits per heavy atom. The first-order chi connectivity index (χ1) is 13.5. The van der Waals surface area contributed by atoms with Crippen molar-refractivity contribution in [3.63, 3.8) is 0 Å². The molecule has 0 spiro atoms. The van der Waals surface area contributed by atoms with Crippen molar-refractivity contribution in [2.45, 2.75) is 6.42 Å². The lowest BCUT2D eigenvalue weighted by Crippen LogP contribution is -2.52. The molecule has 0 atom stereocenters. The molecule has 2 saturated heterocycles. The number of hydrogen-bond donors (Lipinski definition) is 1. The van der Waals surface area contributed by atoms with Gasteiger partial charge in [-0.15, -0.1) is 0 Å². The molecule has 0 saturated carbocycles. The van der Waals surface area contributed by atoms with Crippen molar-refractivity contribution in [1.82, 2.24) is 20.2 Å². The molecule has 9 heteroatoms. The maximum Gasteiger partial charge on any atom is 0.266 e. The average molecular weight is 421 g/mol. The summed E-state index contributed by atoms with van der Waals surface area (Å²) < 4.78 is 5.63. The number of likely N-dealkylation sites (N-methyl/N-ethyl adjacent to an activating group) is 1. The molecule has 0 aliphatic carbocycles. The Morgan fingerprint density at radius 2 is 1.93 bits per heavy atom. The number of carbonyl (C=O) groups excluding carboxylic acids is 2. The van der Waals surface area contributed by atoms with Gasteiger partial charge >= 0.3 is 0 Å². The Morgan fingerprint density at radius 1 is 1.25 bits per heavy atom. The molecule has 0 aromatic heterocycles. The number of methoxy groups -OCH3 is 1.